The fraction of sp³-hybridized carbons (Fsp3) is 0.928. The molecule has 0 aromatic heterocycles. The Balaban J connectivity index is 1.41. The van der Waals surface area contributed by atoms with Gasteiger partial charge < -0.3 is 89.9 Å². The van der Waals surface area contributed by atoms with Crippen molar-refractivity contribution in [3.63, 3.8) is 0 Å². The van der Waals surface area contributed by atoms with Crippen LogP contribution >= 0.6 is 0 Å². The fourth-order valence-corrected chi connectivity index (χ4v) is 12.2. The summed E-state index contributed by atoms with van der Waals surface area (Å²) in [6.07, 6.45) is 31.6. The number of amides is 1. The molecule has 3 fully saturated rings. The molecule has 17 atom stereocenters. The summed E-state index contributed by atoms with van der Waals surface area (Å²) in [5.74, 6) is -0.271. The molecule has 0 radical (unpaired) electrons. The second kappa shape index (κ2) is 51.7. The van der Waals surface area contributed by atoms with E-state index in [1.54, 1.807) is 6.08 Å². The molecule has 0 aromatic rings. The number of nitrogens with one attached hydrogen (secondary N) is 1. The lowest BCUT2D eigenvalue weighted by Crippen LogP contribution is -2.66. The zero-order valence-electron chi connectivity index (χ0n) is 54.7. The van der Waals surface area contributed by atoms with Crippen LogP contribution in [0, 0.1) is 0 Å². The van der Waals surface area contributed by atoms with Crippen LogP contribution < -0.4 is 5.32 Å². The predicted octanol–water partition coefficient (Wildman–Crippen LogP) is 9.44. The lowest BCUT2D eigenvalue weighted by atomic mass is 9.96. The SMILES string of the molecule is CCCCCCCCCC/C=C\CCCCCCCCCCCCCCCCCC(=O)NC(COC1OC(CO)C(OC2OC(CO)C(OC3OC(CO)C(O)C(O)C3O)C(O)C2O)C(O)C1O)C(O)/C=C/CCCCCCCCCCCCCCCC. The average Bonchev–Trinajstić information content (AvgIpc) is 3.39. The van der Waals surface area contributed by atoms with Gasteiger partial charge in [0.2, 0.25) is 5.91 Å². The summed E-state index contributed by atoms with van der Waals surface area (Å²) in [4.78, 5) is 13.4. The van der Waals surface area contributed by atoms with Gasteiger partial charge in [-0.15, -0.1) is 0 Å². The largest absolute Gasteiger partial charge is 0.394 e. The van der Waals surface area contributed by atoms with Crippen LogP contribution in [0.1, 0.15) is 277 Å². The zero-order chi connectivity index (χ0) is 64.0. The number of aliphatic hydroxyl groups excluding tert-OH is 11. The van der Waals surface area contributed by atoms with Crippen LogP contribution in [0.5, 0.6) is 0 Å². The van der Waals surface area contributed by atoms with Gasteiger partial charge in [-0.3, -0.25) is 4.79 Å². The van der Waals surface area contributed by atoms with Crippen LogP contribution in [0.3, 0.4) is 0 Å². The summed E-state index contributed by atoms with van der Waals surface area (Å²) in [7, 11) is 0. The van der Waals surface area contributed by atoms with Crippen LogP contribution in [-0.2, 0) is 33.2 Å². The second-order valence-electron chi connectivity index (χ2n) is 25.7. The van der Waals surface area contributed by atoms with Gasteiger partial charge in [-0.05, 0) is 44.9 Å². The number of rotatable bonds is 55. The van der Waals surface area contributed by atoms with Gasteiger partial charge in [-0.25, -0.2) is 0 Å². The monoisotopic (exact) mass is 1260 g/mol. The molecule has 19 nitrogen and oxygen atoms in total. The molecule has 19 heteroatoms. The molecule has 0 aromatic carbocycles. The van der Waals surface area contributed by atoms with Gasteiger partial charge in [0.1, 0.15) is 73.2 Å². The first kappa shape index (κ1) is 80.5. The number of hydrogen-bond donors (Lipinski definition) is 12. The van der Waals surface area contributed by atoms with Gasteiger partial charge in [0.05, 0.1) is 38.6 Å². The Morgan fingerprint density at radius 2 is 0.716 bits per heavy atom. The highest BCUT2D eigenvalue weighted by atomic mass is 16.8. The van der Waals surface area contributed by atoms with Crippen molar-refractivity contribution in [1.82, 2.24) is 5.32 Å². The van der Waals surface area contributed by atoms with E-state index in [1.165, 1.54) is 205 Å². The maximum Gasteiger partial charge on any atom is 0.220 e. The Morgan fingerprint density at radius 3 is 1.10 bits per heavy atom. The minimum absolute atomic E-state index is 0.247. The molecule has 3 saturated heterocycles. The van der Waals surface area contributed by atoms with E-state index in [9.17, 15) is 61.0 Å². The zero-order valence-corrected chi connectivity index (χ0v) is 54.7. The normalized spacial score (nSPS) is 28.5. The first-order valence-electron chi connectivity index (χ1n) is 35.6. The van der Waals surface area contributed by atoms with Crippen molar-refractivity contribution in [3.05, 3.63) is 24.3 Å². The van der Waals surface area contributed by atoms with E-state index in [0.29, 0.717) is 6.42 Å². The van der Waals surface area contributed by atoms with Gasteiger partial charge in [0.25, 0.3) is 0 Å². The Morgan fingerprint density at radius 1 is 0.398 bits per heavy atom. The van der Waals surface area contributed by atoms with Gasteiger partial charge >= 0.3 is 0 Å². The van der Waals surface area contributed by atoms with Crippen LogP contribution in [0.4, 0.5) is 0 Å². The Bertz CT molecular complexity index is 1690. The van der Waals surface area contributed by atoms with Crippen molar-refractivity contribution >= 4 is 5.91 Å². The Labute approximate surface area is 530 Å². The quantitative estimate of drug-likeness (QED) is 0.0199. The number of carbonyl (C=O) groups excluding carboxylic acids is 1. The second-order valence-corrected chi connectivity index (χ2v) is 25.7. The maximum absolute atomic E-state index is 13.4. The first-order valence-corrected chi connectivity index (χ1v) is 35.6. The van der Waals surface area contributed by atoms with Crippen molar-refractivity contribution in [2.75, 3.05) is 26.4 Å². The van der Waals surface area contributed by atoms with Crippen LogP contribution in [0.15, 0.2) is 24.3 Å². The Kier molecular flexibility index (Phi) is 47.3. The third-order valence-electron chi connectivity index (χ3n) is 18.0. The molecule has 12 N–H and O–H groups in total. The summed E-state index contributed by atoms with van der Waals surface area (Å²) in [5, 5.41) is 120. The summed E-state index contributed by atoms with van der Waals surface area (Å²) in [6, 6.07) is -0.970. The third-order valence-corrected chi connectivity index (χ3v) is 18.0. The topological polar surface area (TPSA) is 307 Å². The molecule has 3 aliphatic rings. The smallest absolute Gasteiger partial charge is 0.220 e. The molecule has 0 spiro atoms. The van der Waals surface area contributed by atoms with Gasteiger partial charge in [0, 0.05) is 6.42 Å². The number of ether oxygens (including phenoxy) is 6. The van der Waals surface area contributed by atoms with Crippen molar-refractivity contribution in [2.24, 2.45) is 0 Å². The van der Waals surface area contributed by atoms with E-state index in [-0.39, 0.29) is 18.9 Å². The molecule has 518 valence electrons. The van der Waals surface area contributed by atoms with Crippen molar-refractivity contribution in [3.8, 4) is 0 Å². The lowest BCUT2D eigenvalue weighted by molar-refractivity contribution is -0.379. The number of carbonyl (C=O) groups is 1. The van der Waals surface area contributed by atoms with Crippen molar-refractivity contribution < 1.29 is 89.4 Å². The molecule has 1 amide bonds. The Hall–Kier alpha value is -1.73. The minimum Gasteiger partial charge on any atom is -0.394 e. The predicted molar refractivity (Wildman–Crippen MR) is 342 cm³/mol. The maximum atomic E-state index is 13.4. The van der Waals surface area contributed by atoms with Crippen molar-refractivity contribution in [1.29, 1.82) is 0 Å². The summed E-state index contributed by atoms with van der Waals surface area (Å²) in [5.41, 5.74) is 0. The third kappa shape index (κ3) is 33.4. The highest BCUT2D eigenvalue weighted by Crippen LogP contribution is 2.33. The van der Waals surface area contributed by atoms with Crippen LogP contribution in [0.2, 0.25) is 0 Å². The van der Waals surface area contributed by atoms with E-state index in [1.807, 2.05) is 6.08 Å². The summed E-state index contributed by atoms with van der Waals surface area (Å²) < 4.78 is 34.4. The molecule has 0 bridgehead atoms. The van der Waals surface area contributed by atoms with Crippen LogP contribution in [0.25, 0.3) is 0 Å². The average molecular weight is 1260 g/mol. The standard InChI is InChI=1S/C69H129NO18/c1-3-5-7-9-11-13-15-17-19-21-22-23-24-25-26-27-28-29-30-31-33-35-37-39-41-43-45-47-57(75)70-52(53(74)46-44-42-40-38-36-34-32-20-18-16-14-12-10-8-6-4-2)51-83-67-63(81)60(78)65(55(49-72)85-67)88-69-64(82)61(79)66(56(50-73)86-69)87-68-62(80)59(77)58(76)54(48-71)84-68/h21-22,44,46,52-56,58-69,71-74,76-82H,3-20,23-43,45,47-51H2,1-2H3,(H,70,75)/b22-21-,46-44+. The number of allylic oxidation sites excluding steroid dienone is 3. The first-order chi connectivity index (χ1) is 42.8. The molecular formula is C69H129NO18. The highest BCUT2D eigenvalue weighted by molar-refractivity contribution is 5.76. The molecule has 3 heterocycles. The van der Waals surface area contributed by atoms with E-state index in [2.05, 4.69) is 31.3 Å². The molecule has 3 rings (SSSR count). The summed E-state index contributed by atoms with van der Waals surface area (Å²) in [6.45, 7) is 1.76. The highest BCUT2D eigenvalue weighted by Gasteiger charge is 2.53. The fourth-order valence-electron chi connectivity index (χ4n) is 12.2. The van der Waals surface area contributed by atoms with E-state index < -0.39 is 124 Å². The van der Waals surface area contributed by atoms with E-state index in [0.717, 1.165) is 44.9 Å². The molecule has 0 aliphatic carbocycles. The van der Waals surface area contributed by atoms with E-state index >= 15 is 0 Å². The summed E-state index contributed by atoms with van der Waals surface area (Å²) >= 11 is 0. The molecule has 0 saturated carbocycles. The molecular weight excluding hydrogens is 1130 g/mol. The number of aliphatic hydroxyl groups is 11. The molecule has 88 heavy (non-hydrogen) atoms. The van der Waals surface area contributed by atoms with E-state index in [4.69, 9.17) is 28.4 Å². The van der Waals surface area contributed by atoms with Crippen LogP contribution in [-0.4, -0.2) is 193 Å². The molecule has 3 aliphatic heterocycles. The van der Waals surface area contributed by atoms with Gasteiger partial charge in [-0.1, -0.05) is 250 Å². The van der Waals surface area contributed by atoms with Gasteiger partial charge in [-0.2, -0.15) is 0 Å². The minimum atomic E-state index is -1.98. The number of hydrogen-bond acceptors (Lipinski definition) is 18. The number of unbranched alkanes of at least 4 members (excludes halogenated alkanes) is 37. The molecule has 17 unspecified atom stereocenters. The van der Waals surface area contributed by atoms with Crippen molar-refractivity contribution in [2.45, 2.75) is 381 Å². The van der Waals surface area contributed by atoms with Gasteiger partial charge in [0.15, 0.2) is 18.9 Å². The lowest BCUT2D eigenvalue weighted by Gasteiger charge is -2.48.